The van der Waals surface area contributed by atoms with E-state index >= 15 is 0 Å². The SMILES string of the molecule is CCOC(=O)CC[PH+]1C2C(C)=C(C)C1C(C(=O)OC)=C2C(=O)OC.[C-]#[O+].[C-]#[O+].[C-]#[O+].[C-]#[O+].[C-]#[O+].[W]. The topological polar surface area (TPSA) is 178 Å². The Morgan fingerprint density at radius 1 is 0.771 bits per heavy atom. The minimum Gasteiger partial charge on any atom is 0 e. The largest absolute Gasteiger partial charge is 0 e. The Kier molecular flexibility index (Phi) is 32.2. The van der Waals surface area contributed by atoms with Gasteiger partial charge in [-0.2, -0.15) is 0 Å². The maximum Gasteiger partial charge on any atom is 0 e. The number of methoxy groups -OCH3 is 2. The van der Waals surface area contributed by atoms with E-state index in [-0.39, 0.29) is 38.4 Å². The molecule has 0 amide bonds. The van der Waals surface area contributed by atoms with E-state index in [0.717, 1.165) is 11.1 Å². The van der Waals surface area contributed by atoms with E-state index in [9.17, 15) is 14.4 Å². The molecule has 0 aromatic heterocycles. The Bertz CT molecular complexity index is 773. The Morgan fingerprint density at radius 3 is 1.34 bits per heavy atom. The van der Waals surface area contributed by atoms with Crippen LogP contribution < -0.4 is 0 Å². The molecule has 2 aliphatic rings. The van der Waals surface area contributed by atoms with Gasteiger partial charge in [-0.1, -0.05) is 0 Å². The van der Waals surface area contributed by atoms with Crippen molar-refractivity contribution in [1.29, 1.82) is 0 Å². The molecule has 0 aliphatic carbocycles. The normalized spacial score (nSPS) is 17.5. The van der Waals surface area contributed by atoms with Crippen molar-refractivity contribution in [2.75, 3.05) is 27.0 Å². The van der Waals surface area contributed by atoms with Crippen molar-refractivity contribution < 1.29 is 72.9 Å². The first kappa shape index (κ1) is 42.8. The summed E-state index contributed by atoms with van der Waals surface area (Å²) in [5.74, 6) is -1.20. The van der Waals surface area contributed by atoms with Crippen LogP contribution in [0.2, 0.25) is 0 Å². The van der Waals surface area contributed by atoms with Crippen LogP contribution in [0.4, 0.5) is 0 Å². The van der Waals surface area contributed by atoms with Gasteiger partial charge in [0, 0.05) is 29.0 Å². The van der Waals surface area contributed by atoms with Crippen LogP contribution in [0.3, 0.4) is 0 Å². The molecule has 0 saturated carbocycles. The molecular formula is C22H24O11PW+. The molecule has 0 radical (unpaired) electrons. The molecule has 2 unspecified atom stereocenters. The van der Waals surface area contributed by atoms with Crippen LogP contribution in [0.25, 0.3) is 0 Å². The number of hydrogen-bond acceptors (Lipinski definition) is 6. The maximum absolute atomic E-state index is 12.3. The molecule has 2 atom stereocenters. The average molecular weight is 679 g/mol. The molecule has 0 aromatic rings. The van der Waals surface area contributed by atoms with Crippen LogP contribution in [0.1, 0.15) is 27.2 Å². The molecule has 2 bridgehead atoms. The van der Waals surface area contributed by atoms with Gasteiger partial charge in [-0.15, -0.1) is 0 Å². The minimum atomic E-state index is -1.22. The Labute approximate surface area is 219 Å². The number of fused-ring (bicyclic) bond motifs is 2. The van der Waals surface area contributed by atoms with Crippen molar-refractivity contribution in [2.24, 2.45) is 0 Å². The third kappa shape index (κ3) is 11.3. The number of allylic oxidation sites excluding steroid dienone is 2. The van der Waals surface area contributed by atoms with Gasteiger partial charge in [-0.3, -0.25) is 4.79 Å². The minimum absolute atomic E-state index is 0. The molecule has 188 valence electrons. The van der Waals surface area contributed by atoms with E-state index in [0.29, 0.717) is 30.3 Å². The fourth-order valence-corrected chi connectivity index (χ4v) is 8.00. The summed E-state index contributed by atoms with van der Waals surface area (Å²) >= 11 is 0. The molecule has 0 saturated heterocycles. The van der Waals surface area contributed by atoms with Crippen molar-refractivity contribution in [3.63, 3.8) is 0 Å². The Hall–Kier alpha value is -2.29. The predicted octanol–water partition coefficient (Wildman–Crippen LogP) is 1.71. The molecular weight excluding hydrogens is 655 g/mol. The number of ether oxygens (including phenoxy) is 3. The summed E-state index contributed by atoms with van der Waals surface area (Å²) in [5, 5.41) is 0. The fourth-order valence-electron chi connectivity index (χ4n) is 3.74. The van der Waals surface area contributed by atoms with Crippen LogP contribution in [-0.4, -0.2) is 56.2 Å². The summed E-state index contributed by atoms with van der Waals surface area (Å²) in [5.41, 5.74) is 2.88. The van der Waals surface area contributed by atoms with Gasteiger partial charge in [0.15, 0.2) is 0 Å². The number of rotatable bonds is 6. The molecule has 2 aliphatic heterocycles. The maximum atomic E-state index is 12.3. The molecule has 0 spiro atoms. The van der Waals surface area contributed by atoms with Gasteiger partial charge in [-0.25, -0.2) is 9.59 Å². The van der Waals surface area contributed by atoms with Crippen molar-refractivity contribution in [1.82, 2.24) is 0 Å². The van der Waals surface area contributed by atoms with Gasteiger partial charge >= 0.3 is 74.4 Å². The zero-order valence-corrected chi connectivity index (χ0v) is 23.6. The third-order valence-electron chi connectivity index (χ3n) is 4.83. The van der Waals surface area contributed by atoms with Crippen molar-refractivity contribution >= 4 is 25.8 Å². The predicted molar refractivity (Wildman–Crippen MR) is 111 cm³/mol. The first-order valence-electron chi connectivity index (χ1n) is 9.00. The summed E-state index contributed by atoms with van der Waals surface area (Å²) in [6, 6.07) is 0. The smallest absolute Gasteiger partial charge is 0 e. The third-order valence-corrected chi connectivity index (χ3v) is 8.58. The van der Waals surface area contributed by atoms with E-state index in [1.807, 2.05) is 13.8 Å². The molecule has 2 rings (SSSR count). The first-order valence-corrected chi connectivity index (χ1v) is 10.9. The molecule has 11 nitrogen and oxygen atoms in total. The quantitative estimate of drug-likeness (QED) is 0.103. The average Bonchev–Trinajstić information content (AvgIpc) is 3.37. The van der Waals surface area contributed by atoms with Crippen LogP contribution in [0.5, 0.6) is 0 Å². The molecule has 2 heterocycles. The van der Waals surface area contributed by atoms with Crippen LogP contribution in [0, 0.1) is 33.3 Å². The fraction of sp³-hybridized carbons (Fsp3) is 0.455. The standard InChI is InChI=1S/C17H23O6P.5CO.W/c1-6-23-11(18)7-8-24-14-9(2)10(3)15(24)13(17(20)22-5)12(14)16(19)21-4;5*1-2;/h14-15H,6-8H2,1-5H3;;;;;;/p+1. The monoisotopic (exact) mass is 679 g/mol. The van der Waals surface area contributed by atoms with Gasteiger partial charge in [0.2, 0.25) is 0 Å². The van der Waals surface area contributed by atoms with Crippen LogP contribution in [0.15, 0.2) is 22.3 Å². The van der Waals surface area contributed by atoms with Crippen LogP contribution in [-0.2, 0) is 72.9 Å². The molecule has 0 N–H and O–H groups in total. The second-order valence-electron chi connectivity index (χ2n) is 5.92. The van der Waals surface area contributed by atoms with Crippen molar-refractivity contribution in [2.45, 2.75) is 38.5 Å². The zero-order chi connectivity index (χ0) is 28.0. The molecule has 0 fully saturated rings. The summed E-state index contributed by atoms with van der Waals surface area (Å²) in [6.45, 7) is 28.6. The molecule has 0 aromatic carbocycles. The Balaban J connectivity index is -0.000000242. The van der Waals surface area contributed by atoms with Crippen molar-refractivity contribution in [3.05, 3.63) is 55.5 Å². The van der Waals surface area contributed by atoms with Gasteiger partial charge in [0.1, 0.15) is 11.3 Å². The van der Waals surface area contributed by atoms with Crippen LogP contribution >= 0.6 is 7.92 Å². The van der Waals surface area contributed by atoms with E-state index in [1.54, 1.807) is 6.92 Å². The van der Waals surface area contributed by atoms with E-state index in [2.05, 4.69) is 33.3 Å². The van der Waals surface area contributed by atoms with Gasteiger partial charge < -0.3 is 14.2 Å². The summed E-state index contributed by atoms with van der Waals surface area (Å²) in [7, 11) is 1.40. The number of carbonyl (C=O) groups excluding carboxylic acids is 3. The number of hydrogen-bond donors (Lipinski definition) is 0. The number of carbonyl (C=O) groups is 3. The second kappa shape index (κ2) is 26.3. The van der Waals surface area contributed by atoms with Gasteiger partial charge in [0.05, 0.1) is 44.6 Å². The molecule has 35 heavy (non-hydrogen) atoms. The summed E-state index contributed by atoms with van der Waals surface area (Å²) in [6.07, 6.45) is 0.951. The summed E-state index contributed by atoms with van der Waals surface area (Å²) < 4.78 is 52.3. The van der Waals surface area contributed by atoms with E-state index in [1.165, 1.54) is 14.2 Å². The first-order chi connectivity index (χ1) is 16.4. The van der Waals surface area contributed by atoms with Crippen molar-refractivity contribution in [3.8, 4) is 0 Å². The zero-order valence-electron chi connectivity index (χ0n) is 19.7. The Morgan fingerprint density at radius 2 is 1.09 bits per heavy atom. The number of esters is 3. The summed E-state index contributed by atoms with van der Waals surface area (Å²) in [4.78, 5) is 36.3. The second-order valence-corrected chi connectivity index (χ2v) is 8.73. The van der Waals surface area contributed by atoms with E-state index < -0.39 is 19.9 Å². The molecule has 13 heteroatoms. The van der Waals surface area contributed by atoms with Gasteiger partial charge in [-0.05, 0) is 31.9 Å². The van der Waals surface area contributed by atoms with E-state index in [4.69, 9.17) is 37.5 Å². The van der Waals surface area contributed by atoms with Gasteiger partial charge in [0.25, 0.3) is 0 Å².